The van der Waals surface area contributed by atoms with Gasteiger partial charge >= 0.3 is 18.3 Å². The van der Waals surface area contributed by atoms with E-state index in [1.54, 1.807) is 0 Å². The molecule has 1 unspecified atom stereocenters. The molecule has 0 aliphatic heterocycles. The van der Waals surface area contributed by atoms with Crippen molar-refractivity contribution in [3.05, 3.63) is 12.2 Å². The summed E-state index contributed by atoms with van der Waals surface area (Å²) in [6, 6.07) is 0. The van der Waals surface area contributed by atoms with E-state index in [1.807, 2.05) is 0 Å². The number of hydrogen-bond donors (Lipinski definition) is 1. The highest BCUT2D eigenvalue weighted by molar-refractivity contribution is 7.85. The third kappa shape index (κ3) is 6.10. The molecule has 1 N–H and O–H groups in total. The van der Waals surface area contributed by atoms with Crippen LogP contribution in [0.15, 0.2) is 12.2 Å². The summed E-state index contributed by atoms with van der Waals surface area (Å²) in [7, 11) is -6.11. The average molecular weight is 417 g/mol. The number of alkyl halides is 6. The van der Waals surface area contributed by atoms with Crippen molar-refractivity contribution in [3.63, 3.8) is 0 Å². The van der Waals surface area contributed by atoms with Crippen LogP contribution >= 0.6 is 0 Å². The predicted molar refractivity (Wildman–Crippen MR) is 71.5 cm³/mol. The van der Waals surface area contributed by atoms with Gasteiger partial charge < -0.3 is 19.1 Å². The van der Waals surface area contributed by atoms with E-state index >= 15 is 0 Å². The summed E-state index contributed by atoms with van der Waals surface area (Å²) >= 11 is 0. The highest BCUT2D eigenvalue weighted by Gasteiger charge is 2.74. The molecule has 0 saturated heterocycles. The maximum absolute atomic E-state index is 13.0. The topological polar surface area (TPSA) is 113 Å². The van der Waals surface area contributed by atoms with Gasteiger partial charge in [0.2, 0.25) is 0 Å². The van der Waals surface area contributed by atoms with Crippen LogP contribution in [-0.2, 0) is 24.4 Å². The zero-order valence-electron chi connectivity index (χ0n) is 13.3. The molecular weight excluding hydrogens is 402 g/mol. The Kier molecular flexibility index (Phi) is 7.67. The Balaban J connectivity index is 6.00. The van der Waals surface area contributed by atoms with E-state index < -0.39 is 58.6 Å². The van der Waals surface area contributed by atoms with Crippen LogP contribution in [0.2, 0.25) is 0 Å². The van der Waals surface area contributed by atoms with Crippen molar-refractivity contribution < 1.29 is 58.7 Å². The molecule has 0 saturated carbocycles. The zero-order chi connectivity index (χ0) is 21.1. The lowest BCUT2D eigenvalue weighted by Gasteiger charge is -2.39. The van der Waals surface area contributed by atoms with E-state index in [4.69, 9.17) is 0 Å². The summed E-state index contributed by atoms with van der Waals surface area (Å²) in [6.07, 6.45) is -18.5. The number of aliphatic hydroxyl groups is 1. The van der Waals surface area contributed by atoms with Crippen LogP contribution in [0.3, 0.4) is 0 Å². The molecule has 0 aromatic heterocycles. The van der Waals surface area contributed by atoms with Gasteiger partial charge in [0.25, 0.3) is 5.60 Å². The van der Waals surface area contributed by atoms with Gasteiger partial charge in [-0.15, -0.1) is 0 Å². The number of ether oxygens (including phenoxy) is 2. The van der Waals surface area contributed by atoms with Crippen LogP contribution in [0.1, 0.15) is 20.3 Å². The number of halogens is 6. The average Bonchev–Trinajstić information content (AvgIpc) is 2.39. The van der Waals surface area contributed by atoms with Crippen molar-refractivity contribution in [3.8, 4) is 0 Å². The van der Waals surface area contributed by atoms with Crippen LogP contribution in [0, 0.1) is 0 Å². The standard InChI is InChI=1S/C12H16F6O7S/c1-4-7(24-8(19)6(2)3)9(20)25-10(11(13,14)15,12(16,17)18)5-26(21,22)23/h7,9,20H,2,4-5H2,1,3H3,(H,21,22,23)/p-1/t7?,9-/m0/s1. The van der Waals surface area contributed by atoms with E-state index in [-0.39, 0.29) is 5.57 Å². The summed E-state index contributed by atoms with van der Waals surface area (Å²) in [5.74, 6) is -4.32. The van der Waals surface area contributed by atoms with Crippen molar-refractivity contribution in [2.75, 3.05) is 5.75 Å². The molecule has 14 heteroatoms. The van der Waals surface area contributed by atoms with Gasteiger partial charge in [-0.3, -0.25) is 0 Å². The van der Waals surface area contributed by atoms with Crippen molar-refractivity contribution in [1.29, 1.82) is 0 Å². The fourth-order valence-corrected chi connectivity index (χ4v) is 2.50. The van der Waals surface area contributed by atoms with Crippen LogP contribution < -0.4 is 0 Å². The number of aliphatic hydroxyl groups excluding tert-OH is 1. The fraction of sp³-hybridized carbons (Fsp3) is 0.750. The summed E-state index contributed by atoms with van der Waals surface area (Å²) < 4.78 is 118. The number of carbonyl (C=O) groups is 1. The van der Waals surface area contributed by atoms with E-state index in [0.29, 0.717) is 0 Å². The quantitative estimate of drug-likeness (QED) is 0.210. The molecule has 0 rings (SSSR count). The first-order valence-electron chi connectivity index (χ1n) is 6.67. The van der Waals surface area contributed by atoms with Crippen LogP contribution in [0.4, 0.5) is 26.3 Å². The van der Waals surface area contributed by atoms with Gasteiger partial charge in [-0.2, -0.15) is 26.3 Å². The minimum atomic E-state index is -6.44. The lowest BCUT2D eigenvalue weighted by Crippen LogP contribution is -2.64. The summed E-state index contributed by atoms with van der Waals surface area (Å²) in [5.41, 5.74) is -5.81. The maximum atomic E-state index is 13.0. The second-order valence-electron chi connectivity index (χ2n) is 5.17. The third-order valence-electron chi connectivity index (χ3n) is 2.95. The molecule has 0 amide bonds. The van der Waals surface area contributed by atoms with E-state index in [0.717, 1.165) is 13.8 Å². The SMILES string of the molecule is C=C(C)C(=O)OC(CC)[C@@H](O)OC(CS(=O)(=O)[O-])(C(F)(F)F)C(F)(F)F. The van der Waals surface area contributed by atoms with Crippen molar-refractivity contribution in [2.45, 2.75) is 50.6 Å². The van der Waals surface area contributed by atoms with Crippen molar-refractivity contribution >= 4 is 16.1 Å². The highest BCUT2D eigenvalue weighted by atomic mass is 32.2. The smallest absolute Gasteiger partial charge is 0.427 e. The molecule has 2 atom stereocenters. The number of rotatable bonds is 8. The Labute approximate surface area is 144 Å². The Morgan fingerprint density at radius 1 is 1.19 bits per heavy atom. The second-order valence-corrected chi connectivity index (χ2v) is 6.57. The first-order chi connectivity index (χ1) is 11.4. The fourth-order valence-electron chi connectivity index (χ4n) is 1.60. The first-order valence-corrected chi connectivity index (χ1v) is 8.25. The molecule has 0 bridgehead atoms. The van der Waals surface area contributed by atoms with Crippen LogP contribution in [0.25, 0.3) is 0 Å². The Bertz CT molecular complexity index is 611. The van der Waals surface area contributed by atoms with E-state index in [2.05, 4.69) is 16.1 Å². The monoisotopic (exact) mass is 417 g/mol. The molecule has 0 fully saturated rings. The highest BCUT2D eigenvalue weighted by Crippen LogP contribution is 2.47. The molecule has 0 aromatic carbocycles. The van der Waals surface area contributed by atoms with Crippen LogP contribution in [0.5, 0.6) is 0 Å². The van der Waals surface area contributed by atoms with Gasteiger partial charge in [0, 0.05) is 5.57 Å². The molecule has 0 aromatic rings. The molecule has 26 heavy (non-hydrogen) atoms. The second kappa shape index (κ2) is 8.10. The lowest BCUT2D eigenvalue weighted by atomic mass is 10.1. The first kappa shape index (κ1) is 24.6. The molecule has 0 aliphatic rings. The van der Waals surface area contributed by atoms with Gasteiger partial charge in [0.05, 0.1) is 15.9 Å². The van der Waals surface area contributed by atoms with Gasteiger partial charge in [-0.05, 0) is 13.3 Å². The summed E-state index contributed by atoms with van der Waals surface area (Å²) in [5, 5.41) is 9.57. The molecule has 7 nitrogen and oxygen atoms in total. The van der Waals surface area contributed by atoms with Gasteiger partial charge in [-0.1, -0.05) is 13.5 Å². The number of esters is 1. The largest absolute Gasteiger partial charge is 0.748 e. The Morgan fingerprint density at radius 2 is 1.62 bits per heavy atom. The molecule has 0 spiro atoms. The molecule has 0 radical (unpaired) electrons. The minimum Gasteiger partial charge on any atom is -0.748 e. The Hall–Kier alpha value is -1.38. The normalized spacial score (nSPS) is 16.1. The molecular formula is C12H15F6O7S-. The summed E-state index contributed by atoms with van der Waals surface area (Å²) in [4.78, 5) is 11.3. The molecule has 0 heterocycles. The summed E-state index contributed by atoms with van der Waals surface area (Å²) in [6.45, 7) is 5.36. The predicted octanol–water partition coefficient (Wildman–Crippen LogP) is 1.63. The third-order valence-corrected chi connectivity index (χ3v) is 3.71. The minimum absolute atomic E-state index is 0.282. The number of carbonyl (C=O) groups excluding carboxylic acids is 1. The van der Waals surface area contributed by atoms with Crippen molar-refractivity contribution in [1.82, 2.24) is 0 Å². The van der Waals surface area contributed by atoms with E-state index in [9.17, 15) is 49.2 Å². The number of hydrogen-bond acceptors (Lipinski definition) is 7. The molecule has 0 aliphatic carbocycles. The van der Waals surface area contributed by atoms with Crippen molar-refractivity contribution in [2.24, 2.45) is 0 Å². The maximum Gasteiger partial charge on any atom is 0.427 e. The lowest BCUT2D eigenvalue weighted by molar-refractivity contribution is -0.404. The van der Waals surface area contributed by atoms with Gasteiger partial charge in [0.15, 0.2) is 12.4 Å². The zero-order valence-corrected chi connectivity index (χ0v) is 14.2. The Morgan fingerprint density at radius 3 is 1.88 bits per heavy atom. The van der Waals surface area contributed by atoms with Gasteiger partial charge in [0.1, 0.15) is 0 Å². The molecule has 154 valence electrons. The van der Waals surface area contributed by atoms with E-state index in [1.165, 1.54) is 0 Å². The van der Waals surface area contributed by atoms with Crippen LogP contribution in [-0.4, -0.2) is 60.1 Å². The van der Waals surface area contributed by atoms with Gasteiger partial charge in [-0.25, -0.2) is 13.2 Å².